The van der Waals surface area contributed by atoms with Crippen molar-refractivity contribution in [3.05, 3.63) is 0 Å². The number of carbonyl (C=O) groups excluding carboxylic acids is 4. The van der Waals surface area contributed by atoms with Crippen LogP contribution in [0.3, 0.4) is 0 Å². The average molecular weight is 371 g/mol. The number of ether oxygens (including phenoxy) is 3. The molecule has 0 bridgehead atoms. The van der Waals surface area contributed by atoms with Crippen LogP contribution in [0.1, 0.15) is 46.0 Å². The molecule has 0 heterocycles. The van der Waals surface area contributed by atoms with Crippen LogP contribution in [-0.2, 0) is 33.4 Å². The molecule has 0 saturated carbocycles. The van der Waals surface area contributed by atoms with Crippen LogP contribution in [0, 0.1) is 17.2 Å². The van der Waals surface area contributed by atoms with Crippen molar-refractivity contribution < 1.29 is 38.5 Å². The number of hydrogen-bond acceptors (Lipinski definition) is 9. The molecule has 0 aliphatic carbocycles. The highest BCUT2D eigenvalue weighted by Gasteiger charge is 2.16. The van der Waals surface area contributed by atoms with Crippen LogP contribution >= 0.6 is 0 Å². The molecule has 0 amide bonds. The number of nitriles is 1. The van der Waals surface area contributed by atoms with E-state index in [4.69, 9.17) is 14.7 Å². The first-order valence-corrected chi connectivity index (χ1v) is 8.31. The predicted octanol–water partition coefficient (Wildman–Crippen LogP) is 0.676. The third-order valence-corrected chi connectivity index (χ3v) is 3.17. The molecule has 0 spiro atoms. The molecule has 1 N–H and O–H groups in total. The lowest BCUT2D eigenvalue weighted by Crippen LogP contribution is -2.27. The Morgan fingerprint density at radius 1 is 1.00 bits per heavy atom. The van der Waals surface area contributed by atoms with E-state index in [1.807, 2.05) is 0 Å². The maximum atomic E-state index is 11.6. The first-order chi connectivity index (χ1) is 12.3. The second-order valence-corrected chi connectivity index (χ2v) is 5.65. The molecule has 0 aromatic heterocycles. The summed E-state index contributed by atoms with van der Waals surface area (Å²) in [5, 5.41) is 18.1. The fraction of sp³-hybridized carbons (Fsp3) is 0.706. The molecule has 2 atom stereocenters. The summed E-state index contributed by atoms with van der Waals surface area (Å²) in [5.74, 6) is -2.82. The van der Waals surface area contributed by atoms with E-state index in [9.17, 15) is 24.3 Å². The molecule has 0 aromatic carbocycles. The van der Waals surface area contributed by atoms with Crippen LogP contribution in [0.2, 0.25) is 0 Å². The maximum absolute atomic E-state index is 11.6. The Morgan fingerprint density at radius 3 is 2.27 bits per heavy atom. The molecule has 0 radical (unpaired) electrons. The fourth-order valence-electron chi connectivity index (χ4n) is 1.67. The van der Waals surface area contributed by atoms with Gasteiger partial charge in [-0.25, -0.2) is 0 Å². The zero-order chi connectivity index (χ0) is 19.9. The van der Waals surface area contributed by atoms with E-state index in [2.05, 4.69) is 4.74 Å². The Morgan fingerprint density at radius 2 is 1.65 bits per heavy atom. The Balaban J connectivity index is 3.75. The molecule has 9 heteroatoms. The zero-order valence-electron chi connectivity index (χ0n) is 15.1. The fourth-order valence-corrected chi connectivity index (χ4v) is 1.67. The first kappa shape index (κ1) is 23.5. The second kappa shape index (κ2) is 13.8. The van der Waals surface area contributed by atoms with Crippen LogP contribution in [0.5, 0.6) is 0 Å². The van der Waals surface area contributed by atoms with Crippen LogP contribution < -0.4 is 0 Å². The Bertz CT molecular complexity index is 525. The van der Waals surface area contributed by atoms with Gasteiger partial charge in [-0.2, -0.15) is 5.26 Å². The molecular formula is C17H25NO8. The minimum Gasteiger partial charge on any atom is -0.466 e. The van der Waals surface area contributed by atoms with Crippen molar-refractivity contribution in [1.29, 1.82) is 5.26 Å². The predicted molar refractivity (Wildman–Crippen MR) is 87.4 cm³/mol. The van der Waals surface area contributed by atoms with Crippen molar-refractivity contribution in [2.45, 2.75) is 52.1 Å². The summed E-state index contributed by atoms with van der Waals surface area (Å²) in [6.45, 7) is 2.18. The number of Topliss-reactive ketones (excluding diaryl/α,β-unsaturated/α-hetero) is 1. The lowest BCUT2D eigenvalue weighted by Gasteiger charge is -2.12. The topological polar surface area (TPSA) is 140 Å². The maximum Gasteiger partial charge on any atom is 0.323 e. The van der Waals surface area contributed by atoms with Gasteiger partial charge in [0.05, 0.1) is 19.1 Å². The van der Waals surface area contributed by atoms with Gasteiger partial charge in [0, 0.05) is 19.8 Å². The molecule has 0 saturated heterocycles. The Hall–Kier alpha value is -2.47. The molecule has 0 aliphatic heterocycles. The highest BCUT2D eigenvalue weighted by atomic mass is 16.6. The van der Waals surface area contributed by atoms with Gasteiger partial charge < -0.3 is 19.3 Å². The lowest BCUT2D eigenvalue weighted by molar-refractivity contribution is -0.154. The van der Waals surface area contributed by atoms with Gasteiger partial charge in [-0.15, -0.1) is 0 Å². The van der Waals surface area contributed by atoms with Gasteiger partial charge in [0.25, 0.3) is 0 Å². The largest absolute Gasteiger partial charge is 0.466 e. The van der Waals surface area contributed by atoms with Crippen molar-refractivity contribution >= 4 is 23.7 Å². The van der Waals surface area contributed by atoms with Crippen molar-refractivity contribution in [3.8, 4) is 6.07 Å². The number of nitrogens with zero attached hydrogens (tertiary/aromatic N) is 1. The quantitative estimate of drug-likeness (QED) is 0.281. The number of esters is 3. The van der Waals surface area contributed by atoms with E-state index in [1.54, 1.807) is 6.07 Å². The Kier molecular flexibility index (Phi) is 12.5. The normalized spacial score (nSPS) is 12.4. The zero-order valence-corrected chi connectivity index (χ0v) is 15.1. The van der Waals surface area contributed by atoms with Crippen LogP contribution in [0.25, 0.3) is 0 Å². The van der Waals surface area contributed by atoms with E-state index < -0.39 is 24.0 Å². The van der Waals surface area contributed by atoms with E-state index in [-0.39, 0.29) is 50.8 Å². The van der Waals surface area contributed by atoms with Gasteiger partial charge in [0.1, 0.15) is 31.0 Å². The summed E-state index contributed by atoms with van der Waals surface area (Å²) in [6, 6.07) is 1.70. The molecule has 2 unspecified atom stereocenters. The second-order valence-electron chi connectivity index (χ2n) is 5.65. The number of aliphatic hydroxyl groups excluding tert-OH is 1. The van der Waals surface area contributed by atoms with Gasteiger partial charge in [-0.1, -0.05) is 0 Å². The van der Waals surface area contributed by atoms with Gasteiger partial charge >= 0.3 is 17.9 Å². The molecule has 0 aromatic rings. The summed E-state index contributed by atoms with van der Waals surface area (Å²) >= 11 is 0. The first-order valence-electron chi connectivity index (χ1n) is 8.31. The minimum absolute atomic E-state index is 0.0250. The molecule has 0 rings (SSSR count). The smallest absolute Gasteiger partial charge is 0.323 e. The van der Waals surface area contributed by atoms with Crippen molar-refractivity contribution in [2.24, 2.45) is 5.92 Å². The van der Waals surface area contributed by atoms with Crippen LogP contribution in [0.4, 0.5) is 0 Å². The van der Waals surface area contributed by atoms with E-state index in [0.717, 1.165) is 0 Å². The third kappa shape index (κ3) is 12.9. The number of rotatable bonds is 13. The molecule has 9 nitrogen and oxygen atoms in total. The average Bonchev–Trinajstić information content (AvgIpc) is 2.61. The van der Waals surface area contributed by atoms with Gasteiger partial charge in [0.15, 0.2) is 0 Å². The van der Waals surface area contributed by atoms with Crippen molar-refractivity contribution in [3.63, 3.8) is 0 Å². The van der Waals surface area contributed by atoms with Crippen molar-refractivity contribution in [1.82, 2.24) is 0 Å². The SMILES string of the molecule is CC(=O)OCCCCC(=O)CCC(=O)OCC(O)COC(=O)C(C)C#N. The summed E-state index contributed by atoms with van der Waals surface area (Å²) in [4.78, 5) is 44.9. The summed E-state index contributed by atoms with van der Waals surface area (Å²) in [7, 11) is 0. The standard InChI is InChI=1S/C17H25NO8/c1-12(9-18)17(23)26-11-15(21)10-25-16(22)7-6-14(20)5-3-4-8-24-13(2)19/h12,15,21H,3-8,10-11H2,1-2H3. The number of aliphatic hydroxyl groups is 1. The van der Waals surface area contributed by atoms with Gasteiger partial charge in [-0.05, 0) is 19.8 Å². The number of ketones is 1. The number of carbonyl (C=O) groups is 4. The van der Waals surface area contributed by atoms with Crippen LogP contribution in [-0.4, -0.2) is 54.7 Å². The highest BCUT2D eigenvalue weighted by Crippen LogP contribution is 2.04. The minimum atomic E-state index is -1.20. The van der Waals surface area contributed by atoms with E-state index in [0.29, 0.717) is 12.8 Å². The third-order valence-electron chi connectivity index (χ3n) is 3.17. The van der Waals surface area contributed by atoms with E-state index in [1.165, 1.54) is 13.8 Å². The molecular weight excluding hydrogens is 346 g/mol. The Labute approximate surface area is 152 Å². The van der Waals surface area contributed by atoms with Crippen molar-refractivity contribution in [2.75, 3.05) is 19.8 Å². The number of hydrogen-bond donors (Lipinski definition) is 1. The summed E-state index contributed by atoms with van der Waals surface area (Å²) < 4.78 is 14.2. The van der Waals surface area contributed by atoms with Gasteiger partial charge in [-0.3, -0.25) is 19.2 Å². The summed E-state index contributed by atoms with van der Waals surface area (Å²) in [6.07, 6.45) is 0.130. The molecule has 146 valence electrons. The number of unbranched alkanes of at least 4 members (excludes halogenated alkanes) is 1. The molecule has 26 heavy (non-hydrogen) atoms. The molecule has 0 aliphatic rings. The van der Waals surface area contributed by atoms with Gasteiger partial charge in [0.2, 0.25) is 0 Å². The van der Waals surface area contributed by atoms with E-state index >= 15 is 0 Å². The molecule has 0 fully saturated rings. The van der Waals surface area contributed by atoms with Crippen LogP contribution in [0.15, 0.2) is 0 Å². The summed E-state index contributed by atoms with van der Waals surface area (Å²) in [5.41, 5.74) is 0. The monoisotopic (exact) mass is 371 g/mol. The highest BCUT2D eigenvalue weighted by molar-refractivity contribution is 5.82. The lowest BCUT2D eigenvalue weighted by atomic mass is 10.1.